The van der Waals surface area contributed by atoms with Gasteiger partial charge in [0.2, 0.25) is 0 Å². The maximum Gasteiger partial charge on any atom is 3.00 e. The van der Waals surface area contributed by atoms with Gasteiger partial charge in [-0.05, 0) is 38.1 Å². The molecule has 1 aromatic rings. The molecule has 1 N–H and O–H groups in total. The van der Waals surface area contributed by atoms with Crippen LogP contribution in [0.3, 0.4) is 0 Å². The van der Waals surface area contributed by atoms with Crippen LogP contribution >= 0.6 is 0 Å². The molecule has 0 aliphatic heterocycles. The molecule has 0 saturated carbocycles. The van der Waals surface area contributed by atoms with Crippen molar-refractivity contribution < 1.29 is 56.9 Å². The van der Waals surface area contributed by atoms with Crippen molar-refractivity contribution in [1.29, 1.82) is 0 Å². The number of ether oxygens (including phenoxy) is 2. The Morgan fingerprint density at radius 1 is 1.25 bits per heavy atom. The largest absolute Gasteiger partial charge is 3.00 e. The van der Waals surface area contributed by atoms with Crippen molar-refractivity contribution in [3.8, 4) is 5.75 Å². The summed E-state index contributed by atoms with van der Waals surface area (Å²) in [7, 11) is 2.96. The monoisotopic (exact) mass is 355 g/mol. The van der Waals surface area contributed by atoms with E-state index >= 15 is 0 Å². The molecule has 0 unspecified atom stereocenters. The molecule has 0 atom stereocenters. The Labute approximate surface area is 144 Å². The Hall–Kier alpha value is -0.776. The molecule has 0 radical (unpaired) electrons. The molecule has 1 rings (SSSR count). The van der Waals surface area contributed by atoms with Gasteiger partial charge in [0.05, 0.1) is 0 Å². The fourth-order valence-corrected chi connectivity index (χ4v) is 1.24. The van der Waals surface area contributed by atoms with E-state index in [4.69, 9.17) is 4.74 Å². The van der Waals surface area contributed by atoms with Crippen molar-refractivity contribution in [2.24, 2.45) is 0 Å². The summed E-state index contributed by atoms with van der Waals surface area (Å²) >= 11 is 0. The van der Waals surface area contributed by atoms with Crippen LogP contribution in [0.15, 0.2) is 24.3 Å². The van der Waals surface area contributed by atoms with Gasteiger partial charge in [-0.3, -0.25) is 9.59 Å². The topological polar surface area (TPSA) is 72.8 Å². The third-order valence-electron chi connectivity index (χ3n) is 2.19. The molecule has 0 spiro atoms. The van der Waals surface area contributed by atoms with E-state index in [2.05, 4.69) is 11.8 Å². The van der Waals surface area contributed by atoms with E-state index in [1.165, 1.54) is 38.1 Å². The van der Waals surface area contributed by atoms with Crippen molar-refractivity contribution in [3.05, 3.63) is 44.4 Å². The molecule has 20 heavy (non-hydrogen) atoms. The first-order chi connectivity index (χ1) is 8.34. The zero-order valence-corrected chi connectivity index (χ0v) is 14.7. The van der Waals surface area contributed by atoms with Crippen molar-refractivity contribution >= 4 is 11.8 Å². The number of esters is 1. The van der Waals surface area contributed by atoms with E-state index in [9.17, 15) is 14.7 Å². The number of hydrogen-bond acceptors (Lipinski definition) is 5. The van der Waals surface area contributed by atoms with Gasteiger partial charge in [0.15, 0.2) is 12.4 Å². The van der Waals surface area contributed by atoms with Gasteiger partial charge in [0.25, 0.3) is 0 Å². The number of aliphatic hydroxyl groups is 1. The normalized spacial score (nSPS) is 9.80. The summed E-state index contributed by atoms with van der Waals surface area (Å²) in [5.74, 6) is -0.550. The minimum Gasteiger partial charge on any atom is -0.638 e. The number of ketones is 1. The van der Waals surface area contributed by atoms with E-state index < -0.39 is 11.6 Å². The first-order valence-electron chi connectivity index (χ1n) is 5.29. The van der Waals surface area contributed by atoms with Crippen LogP contribution < -0.4 is 4.74 Å². The summed E-state index contributed by atoms with van der Waals surface area (Å²) in [5.41, 5.74) is -1.05. The average molecular weight is 355 g/mol. The second-order valence-corrected chi connectivity index (χ2v) is 4.22. The maximum atomic E-state index is 11.7. The van der Waals surface area contributed by atoms with Crippen LogP contribution in [0, 0.1) is 14.5 Å². The molecule has 0 aliphatic carbocycles. The van der Waals surface area contributed by atoms with Crippen molar-refractivity contribution in [3.63, 3.8) is 0 Å². The Morgan fingerprint density at radius 3 is 2.15 bits per heavy atom. The second kappa shape index (κ2) is 9.21. The zero-order chi connectivity index (χ0) is 13.8. The summed E-state index contributed by atoms with van der Waals surface area (Å²) in [4.78, 5) is 22.5. The third-order valence-corrected chi connectivity index (χ3v) is 2.19. The van der Waals surface area contributed by atoms with Gasteiger partial charge in [-0.1, -0.05) is 0 Å². The number of carbonyl (C=O) groups is 2. The summed E-state index contributed by atoms with van der Waals surface area (Å²) in [5, 5.41) is 9.57. The van der Waals surface area contributed by atoms with Crippen LogP contribution in [0.2, 0.25) is 0 Å². The number of Topliss-reactive ketones (excluding diaryl/α,β-unsaturated/α-hetero) is 1. The van der Waals surface area contributed by atoms with E-state index in [1.54, 1.807) is 0 Å². The molecule has 5 nitrogen and oxygen atoms in total. The van der Waals surface area contributed by atoms with Gasteiger partial charge in [-0.15, -0.1) is 0 Å². The Bertz CT molecular complexity index is 434. The Kier molecular flexibility index (Phi) is 9.91. The molecule has 1 aromatic carbocycles. The first-order valence-corrected chi connectivity index (χ1v) is 5.29. The standard InChI is InChI=1S/C13H15O5.CH3.Y/c1-13(2,16)12(15)9-4-6-10(7-5-9)18-8-11(14)17-3;;/h4-7,16H,3,8H2,1-2H3;1H3;/q2*-1;+3. The summed E-state index contributed by atoms with van der Waals surface area (Å²) in [6.07, 6.45) is 0. The van der Waals surface area contributed by atoms with Crippen LogP contribution in [0.4, 0.5) is 0 Å². The van der Waals surface area contributed by atoms with Crippen LogP contribution in [-0.4, -0.2) is 29.1 Å². The average Bonchev–Trinajstić information content (AvgIpc) is 2.34. The fourth-order valence-electron chi connectivity index (χ4n) is 1.24. The van der Waals surface area contributed by atoms with Crippen LogP contribution in [0.1, 0.15) is 24.2 Å². The molecule has 0 aliphatic rings. The van der Waals surface area contributed by atoms with Gasteiger partial charge in [0, 0.05) is 5.56 Å². The van der Waals surface area contributed by atoms with Crippen molar-refractivity contribution in [2.75, 3.05) is 6.61 Å². The maximum absolute atomic E-state index is 11.7. The second-order valence-electron chi connectivity index (χ2n) is 4.22. The minimum atomic E-state index is -1.42. The zero-order valence-electron chi connectivity index (χ0n) is 11.9. The van der Waals surface area contributed by atoms with E-state index in [0.717, 1.165) is 0 Å². The van der Waals surface area contributed by atoms with Gasteiger partial charge >= 0.3 is 38.7 Å². The Balaban J connectivity index is 0. The van der Waals surface area contributed by atoms with Gasteiger partial charge in [-0.25, -0.2) is 0 Å². The summed E-state index contributed by atoms with van der Waals surface area (Å²) in [6, 6.07) is 6.11. The molecule has 0 fully saturated rings. The number of hydrogen-bond donors (Lipinski definition) is 1. The van der Waals surface area contributed by atoms with E-state index in [0.29, 0.717) is 11.3 Å². The molecule has 6 heteroatoms. The molecule has 0 bridgehead atoms. The van der Waals surface area contributed by atoms with Crippen molar-refractivity contribution in [2.45, 2.75) is 19.4 Å². The van der Waals surface area contributed by atoms with E-state index in [-0.39, 0.29) is 52.5 Å². The molecule has 0 amide bonds. The van der Waals surface area contributed by atoms with Crippen LogP contribution in [0.25, 0.3) is 0 Å². The summed E-state index contributed by atoms with van der Waals surface area (Å²) < 4.78 is 9.27. The third kappa shape index (κ3) is 6.59. The number of carbonyl (C=O) groups excluding carboxylic acids is 2. The van der Waals surface area contributed by atoms with Crippen molar-refractivity contribution in [1.82, 2.24) is 0 Å². The smallest absolute Gasteiger partial charge is 0.638 e. The fraction of sp³-hybridized carbons (Fsp3) is 0.286. The van der Waals surface area contributed by atoms with Crippen LogP contribution in [-0.2, 0) is 42.2 Å². The minimum absolute atomic E-state index is 0. The molecule has 0 heterocycles. The number of rotatable bonds is 5. The SMILES string of the molecule is [CH2-]OC(=O)COc1ccc(C(=O)C(C)(C)O)cc1.[CH3-].[Y+3]. The van der Waals surface area contributed by atoms with Crippen LogP contribution in [0.5, 0.6) is 5.75 Å². The van der Waals surface area contributed by atoms with Gasteiger partial charge in [0.1, 0.15) is 11.4 Å². The molecule has 0 saturated heterocycles. The predicted octanol–water partition coefficient (Wildman–Crippen LogP) is 1.80. The van der Waals surface area contributed by atoms with E-state index in [1.807, 2.05) is 0 Å². The quantitative estimate of drug-likeness (QED) is 0.495. The first kappa shape index (κ1) is 21.5. The Morgan fingerprint density at radius 2 is 1.75 bits per heavy atom. The predicted molar refractivity (Wildman–Crippen MR) is 70.4 cm³/mol. The molecule has 106 valence electrons. The molecular formula is C14H18O5Y+. The van der Waals surface area contributed by atoms with Gasteiger partial charge in [-0.2, -0.15) is 7.11 Å². The summed E-state index contributed by atoms with van der Waals surface area (Å²) in [6.45, 7) is 2.59. The number of benzene rings is 1. The van der Waals surface area contributed by atoms with Gasteiger partial charge < -0.3 is 22.0 Å². The molecule has 0 aromatic heterocycles. The molecular weight excluding hydrogens is 337 g/mol.